The van der Waals surface area contributed by atoms with Gasteiger partial charge in [-0.15, -0.1) is 12.3 Å². The second-order valence-electron chi connectivity index (χ2n) is 3.93. The standard InChI is InChI=1S/C14H15NO5S/c1-3-4-9-15-21(18,19)13-10-11(6-8-14(16)17)5-7-12(13)20-2/h1,5-8,10,15H,4,9H2,2H3,(H,16,17). The summed E-state index contributed by atoms with van der Waals surface area (Å²) in [4.78, 5) is 10.4. The Morgan fingerprint density at radius 2 is 2.24 bits per heavy atom. The van der Waals surface area contributed by atoms with Gasteiger partial charge in [0.05, 0.1) is 7.11 Å². The molecule has 0 unspecified atom stereocenters. The number of sulfonamides is 1. The average molecular weight is 309 g/mol. The third-order valence-electron chi connectivity index (χ3n) is 2.46. The fraction of sp³-hybridized carbons (Fsp3) is 0.214. The topological polar surface area (TPSA) is 92.7 Å². The number of benzene rings is 1. The predicted octanol–water partition coefficient (Wildman–Crippen LogP) is 1.09. The minimum Gasteiger partial charge on any atom is -0.495 e. The number of ether oxygens (including phenoxy) is 1. The minimum atomic E-state index is -3.79. The van der Waals surface area contributed by atoms with E-state index < -0.39 is 16.0 Å². The first-order valence-electron chi connectivity index (χ1n) is 5.93. The Hall–Kier alpha value is -2.30. The van der Waals surface area contributed by atoms with Crippen molar-refractivity contribution in [1.82, 2.24) is 4.72 Å². The van der Waals surface area contributed by atoms with Gasteiger partial charge in [-0.3, -0.25) is 0 Å². The van der Waals surface area contributed by atoms with Crippen LogP contribution in [-0.4, -0.2) is 33.1 Å². The van der Waals surface area contributed by atoms with Gasteiger partial charge in [-0.1, -0.05) is 6.07 Å². The van der Waals surface area contributed by atoms with Crippen LogP contribution in [0.3, 0.4) is 0 Å². The lowest BCUT2D eigenvalue weighted by Gasteiger charge is -2.11. The highest BCUT2D eigenvalue weighted by molar-refractivity contribution is 7.89. The third-order valence-corrected chi connectivity index (χ3v) is 3.94. The number of hydrogen-bond donors (Lipinski definition) is 2. The van der Waals surface area contributed by atoms with E-state index in [4.69, 9.17) is 16.3 Å². The maximum atomic E-state index is 12.2. The Bertz CT molecular complexity index is 686. The molecule has 1 aromatic carbocycles. The molecule has 0 aliphatic heterocycles. The zero-order chi connectivity index (χ0) is 15.9. The van der Waals surface area contributed by atoms with E-state index in [2.05, 4.69) is 10.6 Å². The highest BCUT2D eigenvalue weighted by atomic mass is 32.2. The van der Waals surface area contributed by atoms with E-state index in [0.717, 1.165) is 6.08 Å². The van der Waals surface area contributed by atoms with Crippen molar-refractivity contribution < 1.29 is 23.1 Å². The molecule has 0 fully saturated rings. The monoisotopic (exact) mass is 309 g/mol. The van der Waals surface area contributed by atoms with E-state index >= 15 is 0 Å². The Balaban J connectivity index is 3.16. The molecule has 1 aromatic rings. The van der Waals surface area contributed by atoms with Gasteiger partial charge in [0, 0.05) is 19.0 Å². The second kappa shape index (κ2) is 7.47. The van der Waals surface area contributed by atoms with Crippen molar-refractivity contribution in [3.05, 3.63) is 29.8 Å². The SMILES string of the molecule is C#CCCNS(=O)(=O)c1cc(C=CC(=O)O)ccc1OC. The molecule has 7 heteroatoms. The Morgan fingerprint density at radius 1 is 1.52 bits per heavy atom. The van der Waals surface area contributed by atoms with Gasteiger partial charge in [0.25, 0.3) is 0 Å². The Labute approximate surface area is 123 Å². The van der Waals surface area contributed by atoms with Crippen LogP contribution in [0.15, 0.2) is 29.2 Å². The number of aliphatic carboxylic acids is 1. The molecule has 0 amide bonds. The zero-order valence-corrected chi connectivity index (χ0v) is 12.2. The van der Waals surface area contributed by atoms with Gasteiger partial charge < -0.3 is 9.84 Å². The quantitative estimate of drug-likeness (QED) is 0.447. The molecule has 21 heavy (non-hydrogen) atoms. The van der Waals surface area contributed by atoms with Crippen molar-refractivity contribution in [3.63, 3.8) is 0 Å². The number of carbonyl (C=O) groups is 1. The number of rotatable bonds is 7. The Morgan fingerprint density at radius 3 is 2.81 bits per heavy atom. The van der Waals surface area contributed by atoms with Gasteiger partial charge in [0.1, 0.15) is 10.6 Å². The van der Waals surface area contributed by atoms with E-state index in [0.29, 0.717) is 5.56 Å². The molecule has 0 aromatic heterocycles. The number of nitrogens with one attached hydrogen (secondary N) is 1. The first kappa shape index (κ1) is 16.8. The maximum absolute atomic E-state index is 12.2. The molecule has 0 bridgehead atoms. The molecule has 6 nitrogen and oxygen atoms in total. The van der Waals surface area contributed by atoms with Crippen molar-refractivity contribution in [3.8, 4) is 18.1 Å². The third kappa shape index (κ3) is 4.95. The summed E-state index contributed by atoms with van der Waals surface area (Å²) < 4.78 is 31.7. The number of hydrogen-bond acceptors (Lipinski definition) is 4. The van der Waals surface area contributed by atoms with Crippen LogP contribution < -0.4 is 9.46 Å². The van der Waals surface area contributed by atoms with Crippen LogP contribution in [0.2, 0.25) is 0 Å². The molecule has 0 radical (unpaired) electrons. The van der Waals surface area contributed by atoms with Crippen LogP contribution in [0, 0.1) is 12.3 Å². The molecule has 0 heterocycles. The lowest BCUT2D eigenvalue weighted by atomic mass is 10.2. The summed E-state index contributed by atoms with van der Waals surface area (Å²) in [6, 6.07) is 4.34. The molecule has 0 aliphatic carbocycles. The number of terminal acetylenes is 1. The van der Waals surface area contributed by atoms with Crippen molar-refractivity contribution >= 4 is 22.1 Å². The van der Waals surface area contributed by atoms with Crippen molar-refractivity contribution in [2.75, 3.05) is 13.7 Å². The first-order chi connectivity index (χ1) is 9.90. The number of carboxylic acid groups (broad SMARTS) is 1. The molecule has 0 spiro atoms. The fourth-order valence-corrected chi connectivity index (χ4v) is 2.74. The van der Waals surface area contributed by atoms with E-state index in [1.54, 1.807) is 6.07 Å². The highest BCUT2D eigenvalue weighted by Crippen LogP contribution is 2.25. The van der Waals surface area contributed by atoms with Crippen LogP contribution in [0.4, 0.5) is 0 Å². The summed E-state index contributed by atoms with van der Waals surface area (Å²) in [6.07, 6.45) is 7.55. The second-order valence-corrected chi connectivity index (χ2v) is 5.67. The van der Waals surface area contributed by atoms with E-state index in [1.807, 2.05) is 0 Å². The summed E-state index contributed by atoms with van der Waals surface area (Å²) >= 11 is 0. The van der Waals surface area contributed by atoms with Crippen molar-refractivity contribution in [2.24, 2.45) is 0 Å². The molecule has 0 atom stereocenters. The average Bonchev–Trinajstić information content (AvgIpc) is 2.45. The smallest absolute Gasteiger partial charge is 0.328 e. The first-order valence-corrected chi connectivity index (χ1v) is 7.41. The van der Waals surface area contributed by atoms with E-state index in [-0.39, 0.29) is 23.6 Å². The maximum Gasteiger partial charge on any atom is 0.328 e. The highest BCUT2D eigenvalue weighted by Gasteiger charge is 2.19. The summed E-state index contributed by atoms with van der Waals surface area (Å²) in [5.41, 5.74) is 0.426. The minimum absolute atomic E-state index is 0.0745. The molecule has 0 saturated carbocycles. The number of carboxylic acids is 1. The fourth-order valence-electron chi connectivity index (χ4n) is 1.51. The molecule has 1 rings (SSSR count). The van der Waals surface area contributed by atoms with Crippen LogP contribution in [-0.2, 0) is 14.8 Å². The predicted molar refractivity (Wildman–Crippen MR) is 78.3 cm³/mol. The summed E-state index contributed by atoms with van der Waals surface area (Å²) in [5, 5.41) is 8.59. The molecule has 0 saturated heterocycles. The molecule has 112 valence electrons. The summed E-state index contributed by atoms with van der Waals surface area (Å²) in [6.45, 7) is 0.108. The van der Waals surface area contributed by atoms with Gasteiger partial charge >= 0.3 is 5.97 Å². The van der Waals surface area contributed by atoms with E-state index in [1.165, 1.54) is 25.3 Å². The van der Waals surface area contributed by atoms with Crippen LogP contribution in [0.5, 0.6) is 5.75 Å². The van der Waals surface area contributed by atoms with Gasteiger partial charge in [-0.25, -0.2) is 17.9 Å². The van der Waals surface area contributed by atoms with Crippen LogP contribution in [0.25, 0.3) is 6.08 Å². The summed E-state index contributed by atoms with van der Waals surface area (Å²) in [7, 11) is -2.44. The lowest BCUT2D eigenvalue weighted by molar-refractivity contribution is -0.131. The number of methoxy groups -OCH3 is 1. The normalized spacial score (nSPS) is 11.2. The van der Waals surface area contributed by atoms with Crippen LogP contribution in [0.1, 0.15) is 12.0 Å². The summed E-state index contributed by atoms with van der Waals surface area (Å²) in [5.74, 6) is 1.37. The Kier molecular flexibility index (Phi) is 5.96. The zero-order valence-electron chi connectivity index (χ0n) is 11.4. The molecule has 0 aliphatic rings. The molecular weight excluding hydrogens is 294 g/mol. The lowest BCUT2D eigenvalue weighted by Crippen LogP contribution is -2.25. The van der Waals surface area contributed by atoms with Gasteiger partial charge in [-0.05, 0) is 23.8 Å². The van der Waals surface area contributed by atoms with Gasteiger partial charge in [-0.2, -0.15) is 0 Å². The van der Waals surface area contributed by atoms with Gasteiger partial charge in [0.15, 0.2) is 0 Å². The largest absolute Gasteiger partial charge is 0.495 e. The van der Waals surface area contributed by atoms with Crippen molar-refractivity contribution in [2.45, 2.75) is 11.3 Å². The van der Waals surface area contributed by atoms with Crippen LogP contribution >= 0.6 is 0 Å². The van der Waals surface area contributed by atoms with E-state index in [9.17, 15) is 13.2 Å². The molecule has 2 N–H and O–H groups in total. The van der Waals surface area contributed by atoms with Gasteiger partial charge in [0.2, 0.25) is 10.0 Å². The van der Waals surface area contributed by atoms with Crippen molar-refractivity contribution in [1.29, 1.82) is 0 Å². The molecular formula is C14H15NO5S.